The van der Waals surface area contributed by atoms with Gasteiger partial charge in [-0.15, -0.1) is 0 Å². The number of ether oxygens (including phenoxy) is 1. The van der Waals surface area contributed by atoms with Gasteiger partial charge in [-0.3, -0.25) is 14.7 Å². The zero-order valence-corrected chi connectivity index (χ0v) is 9.79. The van der Waals surface area contributed by atoms with E-state index in [1.807, 2.05) is 0 Å². The van der Waals surface area contributed by atoms with Crippen molar-refractivity contribution in [2.45, 2.75) is 0 Å². The van der Waals surface area contributed by atoms with Gasteiger partial charge >= 0.3 is 5.97 Å². The molecule has 0 aliphatic rings. The van der Waals surface area contributed by atoms with E-state index in [2.05, 4.69) is 4.74 Å². The summed E-state index contributed by atoms with van der Waals surface area (Å²) in [5, 5.41) is 10.4. The van der Waals surface area contributed by atoms with Crippen LogP contribution in [0.25, 0.3) is 0 Å². The summed E-state index contributed by atoms with van der Waals surface area (Å²) < 4.78 is 33.7. The molecular weight excluding hydrogens is 266 g/mol. The maximum atomic E-state index is 11.3. The van der Waals surface area contributed by atoms with E-state index in [9.17, 15) is 23.3 Å². The van der Waals surface area contributed by atoms with Gasteiger partial charge in [0, 0.05) is 12.1 Å². The van der Waals surface area contributed by atoms with E-state index in [-0.39, 0.29) is 11.3 Å². The topological polar surface area (TPSA) is 124 Å². The molecule has 0 unspecified atom stereocenters. The molecule has 1 aromatic carbocycles. The zero-order chi connectivity index (χ0) is 13.8. The number of nitro groups is 1. The molecule has 9 heteroatoms. The molecule has 0 spiro atoms. The Morgan fingerprint density at radius 1 is 1.33 bits per heavy atom. The molecule has 0 heterocycles. The van der Waals surface area contributed by atoms with Gasteiger partial charge in [0.15, 0.2) is 0 Å². The molecule has 0 saturated carbocycles. The third-order valence-corrected chi connectivity index (χ3v) is 2.57. The molecule has 0 radical (unpaired) electrons. The van der Waals surface area contributed by atoms with Crippen LogP contribution >= 0.6 is 0 Å². The van der Waals surface area contributed by atoms with Gasteiger partial charge in [0.25, 0.3) is 15.8 Å². The number of hydrogen-bond acceptors (Lipinski definition) is 6. The summed E-state index contributed by atoms with van der Waals surface area (Å²) in [7, 11) is -4.19. The van der Waals surface area contributed by atoms with Crippen LogP contribution in [0.2, 0.25) is 0 Å². The summed E-state index contributed by atoms with van der Waals surface area (Å²) in [6.07, 6.45) is 0. The van der Waals surface area contributed by atoms with Crippen LogP contribution in [0.15, 0.2) is 24.3 Å². The highest BCUT2D eigenvalue weighted by Gasteiger charge is 2.12. The molecule has 1 N–H and O–H groups in total. The smallest absolute Gasteiger partial charge is 0.338 e. The number of non-ortho nitro benzene ring substituents is 1. The Labute approximate surface area is 102 Å². The van der Waals surface area contributed by atoms with Crippen LogP contribution < -0.4 is 0 Å². The average Bonchev–Trinajstić information content (AvgIpc) is 2.27. The minimum absolute atomic E-state index is 0.0518. The van der Waals surface area contributed by atoms with Crippen molar-refractivity contribution in [1.82, 2.24) is 0 Å². The van der Waals surface area contributed by atoms with Crippen molar-refractivity contribution in [2.24, 2.45) is 0 Å². The summed E-state index contributed by atoms with van der Waals surface area (Å²) in [5.74, 6) is -1.53. The van der Waals surface area contributed by atoms with Crippen molar-refractivity contribution in [2.75, 3.05) is 12.4 Å². The van der Waals surface area contributed by atoms with E-state index in [0.29, 0.717) is 0 Å². The van der Waals surface area contributed by atoms with Gasteiger partial charge in [-0.25, -0.2) is 4.79 Å². The molecule has 0 aliphatic heterocycles. The molecule has 8 nitrogen and oxygen atoms in total. The summed E-state index contributed by atoms with van der Waals surface area (Å²) in [6.45, 7) is -0.491. The molecule has 0 saturated heterocycles. The molecular formula is C9H9NO7S. The Kier molecular flexibility index (Phi) is 4.34. The number of benzene rings is 1. The van der Waals surface area contributed by atoms with Crippen molar-refractivity contribution in [1.29, 1.82) is 0 Å². The maximum absolute atomic E-state index is 11.3. The fourth-order valence-corrected chi connectivity index (χ4v) is 1.34. The largest absolute Gasteiger partial charge is 0.461 e. The highest BCUT2D eigenvalue weighted by Crippen LogP contribution is 2.12. The highest BCUT2D eigenvalue weighted by atomic mass is 32.2. The van der Waals surface area contributed by atoms with Gasteiger partial charge in [-0.05, 0) is 12.1 Å². The van der Waals surface area contributed by atoms with Gasteiger partial charge in [-0.1, -0.05) is 0 Å². The van der Waals surface area contributed by atoms with Crippen LogP contribution in [0, 0.1) is 10.1 Å². The van der Waals surface area contributed by atoms with Gasteiger partial charge in [0.05, 0.1) is 10.5 Å². The minimum Gasteiger partial charge on any atom is -0.461 e. The van der Waals surface area contributed by atoms with E-state index in [1.54, 1.807) is 0 Å². The molecule has 0 bridgehead atoms. The van der Waals surface area contributed by atoms with Gasteiger partial charge in [0.1, 0.15) is 12.4 Å². The second-order valence-electron chi connectivity index (χ2n) is 3.23. The Bertz CT molecular complexity index is 549. The number of rotatable bonds is 5. The summed E-state index contributed by atoms with van der Waals surface area (Å²) in [5.41, 5.74) is -0.125. The fraction of sp³-hybridized carbons (Fsp3) is 0.222. The van der Waals surface area contributed by atoms with Crippen LogP contribution in [-0.4, -0.2) is 36.2 Å². The molecule has 0 aliphatic carbocycles. The first-order valence-electron chi connectivity index (χ1n) is 4.66. The van der Waals surface area contributed by atoms with Crippen LogP contribution in [0.3, 0.4) is 0 Å². The van der Waals surface area contributed by atoms with Crippen molar-refractivity contribution >= 4 is 21.8 Å². The van der Waals surface area contributed by atoms with Crippen molar-refractivity contribution < 1.29 is 27.4 Å². The quantitative estimate of drug-likeness (QED) is 0.362. The fourth-order valence-electron chi connectivity index (χ4n) is 1.04. The van der Waals surface area contributed by atoms with Gasteiger partial charge in [0.2, 0.25) is 0 Å². The SMILES string of the molecule is O=C(OCCS(=O)(=O)O)c1ccc([N+](=O)[O-])cc1. The van der Waals surface area contributed by atoms with E-state index < -0.39 is 33.4 Å². The predicted octanol–water partition coefficient (Wildman–Crippen LogP) is 0.639. The summed E-state index contributed by atoms with van der Waals surface area (Å²) >= 11 is 0. The number of carbonyl (C=O) groups is 1. The first-order chi connectivity index (χ1) is 8.29. The van der Waals surface area contributed by atoms with Crippen molar-refractivity contribution in [3.8, 4) is 0 Å². The van der Waals surface area contributed by atoms with E-state index in [4.69, 9.17) is 4.55 Å². The molecule has 0 atom stereocenters. The Hall–Kier alpha value is -2.00. The van der Waals surface area contributed by atoms with Crippen LogP contribution in [0.4, 0.5) is 5.69 Å². The Morgan fingerprint density at radius 3 is 2.33 bits per heavy atom. The number of nitrogens with zero attached hydrogens (tertiary/aromatic N) is 1. The predicted molar refractivity (Wildman–Crippen MR) is 59.8 cm³/mol. The average molecular weight is 275 g/mol. The molecule has 0 amide bonds. The lowest BCUT2D eigenvalue weighted by Crippen LogP contribution is -2.14. The third-order valence-electron chi connectivity index (χ3n) is 1.89. The highest BCUT2D eigenvalue weighted by molar-refractivity contribution is 7.85. The lowest BCUT2D eigenvalue weighted by Gasteiger charge is -2.03. The second-order valence-corrected chi connectivity index (χ2v) is 4.80. The monoisotopic (exact) mass is 275 g/mol. The molecule has 1 rings (SSSR count). The number of esters is 1. The number of carbonyl (C=O) groups excluding carboxylic acids is 1. The van der Waals surface area contributed by atoms with Crippen LogP contribution in [0.5, 0.6) is 0 Å². The Morgan fingerprint density at radius 2 is 1.89 bits per heavy atom. The second kappa shape index (κ2) is 5.56. The molecule has 98 valence electrons. The summed E-state index contributed by atoms with van der Waals surface area (Å²) in [6, 6.07) is 4.63. The van der Waals surface area contributed by atoms with Gasteiger partial charge in [-0.2, -0.15) is 8.42 Å². The van der Waals surface area contributed by atoms with Crippen LogP contribution in [0.1, 0.15) is 10.4 Å². The molecule has 0 aromatic heterocycles. The molecule has 0 fully saturated rings. The lowest BCUT2D eigenvalue weighted by atomic mass is 10.2. The minimum atomic E-state index is -4.19. The molecule has 18 heavy (non-hydrogen) atoms. The molecule has 1 aromatic rings. The normalized spacial score (nSPS) is 10.9. The van der Waals surface area contributed by atoms with Crippen molar-refractivity contribution in [3.05, 3.63) is 39.9 Å². The number of hydrogen-bond donors (Lipinski definition) is 1. The Balaban J connectivity index is 2.59. The standard InChI is InChI=1S/C9H9NO7S/c11-9(17-5-6-18(14,15)16)7-1-3-8(4-2-7)10(12)13/h1-4H,5-6H2,(H,14,15,16). The van der Waals surface area contributed by atoms with Crippen molar-refractivity contribution in [3.63, 3.8) is 0 Å². The lowest BCUT2D eigenvalue weighted by molar-refractivity contribution is -0.384. The van der Waals surface area contributed by atoms with Gasteiger partial charge < -0.3 is 4.74 Å². The number of nitro benzene ring substituents is 1. The van der Waals surface area contributed by atoms with E-state index in [0.717, 1.165) is 12.1 Å². The third kappa shape index (κ3) is 4.47. The first kappa shape index (κ1) is 14.1. The van der Waals surface area contributed by atoms with Crippen LogP contribution in [-0.2, 0) is 14.9 Å². The van der Waals surface area contributed by atoms with E-state index in [1.165, 1.54) is 12.1 Å². The summed E-state index contributed by atoms with van der Waals surface area (Å²) in [4.78, 5) is 21.1. The maximum Gasteiger partial charge on any atom is 0.338 e. The zero-order valence-electron chi connectivity index (χ0n) is 8.98. The van der Waals surface area contributed by atoms with E-state index >= 15 is 0 Å². The first-order valence-corrected chi connectivity index (χ1v) is 6.27.